The largest absolute Gasteiger partial charge is 0.381 e. The van der Waals surface area contributed by atoms with Gasteiger partial charge in [0.2, 0.25) is 0 Å². The minimum absolute atomic E-state index is 0.688. The Morgan fingerprint density at radius 3 is 3.00 bits per heavy atom. The summed E-state index contributed by atoms with van der Waals surface area (Å²) in [4.78, 5) is 6.80. The van der Waals surface area contributed by atoms with Gasteiger partial charge in [0.05, 0.1) is 11.4 Å². The van der Waals surface area contributed by atoms with Crippen LogP contribution >= 0.6 is 11.3 Å². The Balaban J connectivity index is 1.27. The second-order valence-corrected chi connectivity index (χ2v) is 8.85. The second-order valence-electron chi connectivity index (χ2n) is 7.85. The molecule has 26 heavy (non-hydrogen) atoms. The van der Waals surface area contributed by atoms with Crippen LogP contribution in [0, 0.1) is 0 Å². The van der Waals surface area contributed by atoms with Crippen LogP contribution in [0.5, 0.6) is 0 Å². The molecule has 0 spiro atoms. The molecular weight excluding hydrogens is 344 g/mol. The molecule has 0 radical (unpaired) electrons. The van der Waals surface area contributed by atoms with Crippen LogP contribution in [-0.2, 0) is 37.3 Å². The third-order valence-electron chi connectivity index (χ3n) is 6.07. The Bertz CT molecular complexity index is 749. The fraction of sp³-hybridized carbons (Fsp3) is 0.650. The SMILES string of the molecule is c1cc2c(s1)CCN(Cc1cc3n(n1)CCCN(C1CCOCC1)C3)C2. The highest BCUT2D eigenvalue weighted by Gasteiger charge is 2.25. The van der Waals surface area contributed by atoms with E-state index < -0.39 is 0 Å². The molecule has 3 aliphatic heterocycles. The lowest BCUT2D eigenvalue weighted by Crippen LogP contribution is -2.39. The van der Waals surface area contributed by atoms with Gasteiger partial charge in [-0.15, -0.1) is 11.3 Å². The highest BCUT2D eigenvalue weighted by atomic mass is 32.1. The van der Waals surface area contributed by atoms with Crippen molar-refractivity contribution in [2.45, 2.75) is 57.9 Å². The molecule has 0 aromatic carbocycles. The highest BCUT2D eigenvalue weighted by molar-refractivity contribution is 7.10. The van der Waals surface area contributed by atoms with Crippen LogP contribution in [0.3, 0.4) is 0 Å². The van der Waals surface area contributed by atoms with Crippen molar-refractivity contribution in [3.8, 4) is 0 Å². The van der Waals surface area contributed by atoms with E-state index in [-0.39, 0.29) is 0 Å². The molecule has 0 bridgehead atoms. The first-order chi connectivity index (χ1) is 12.8. The molecule has 3 aliphatic rings. The minimum Gasteiger partial charge on any atom is -0.381 e. The smallest absolute Gasteiger partial charge is 0.0768 e. The molecule has 0 unspecified atom stereocenters. The van der Waals surface area contributed by atoms with Gasteiger partial charge in [0.15, 0.2) is 0 Å². The zero-order chi connectivity index (χ0) is 17.3. The molecule has 5 nitrogen and oxygen atoms in total. The van der Waals surface area contributed by atoms with Crippen molar-refractivity contribution in [2.24, 2.45) is 0 Å². The molecule has 0 amide bonds. The lowest BCUT2D eigenvalue weighted by atomic mass is 10.1. The molecule has 6 heteroatoms. The van der Waals surface area contributed by atoms with Gasteiger partial charge in [-0.3, -0.25) is 14.5 Å². The fourth-order valence-electron chi connectivity index (χ4n) is 4.66. The van der Waals surface area contributed by atoms with E-state index in [0.29, 0.717) is 6.04 Å². The topological polar surface area (TPSA) is 33.5 Å². The quantitative estimate of drug-likeness (QED) is 0.830. The van der Waals surface area contributed by atoms with Gasteiger partial charge in [-0.25, -0.2) is 0 Å². The van der Waals surface area contributed by atoms with Crippen LogP contribution < -0.4 is 0 Å². The van der Waals surface area contributed by atoms with E-state index in [9.17, 15) is 0 Å². The Morgan fingerprint density at radius 1 is 1.15 bits per heavy atom. The van der Waals surface area contributed by atoms with E-state index in [1.807, 2.05) is 11.3 Å². The molecule has 0 N–H and O–H groups in total. The number of fused-ring (bicyclic) bond motifs is 2. The van der Waals surface area contributed by atoms with E-state index >= 15 is 0 Å². The van der Waals surface area contributed by atoms with Crippen LogP contribution in [0.4, 0.5) is 0 Å². The molecule has 2 aromatic rings. The van der Waals surface area contributed by atoms with Crippen molar-refractivity contribution in [2.75, 3.05) is 26.3 Å². The van der Waals surface area contributed by atoms with Gasteiger partial charge in [0, 0.05) is 63.4 Å². The number of thiophene rings is 1. The second kappa shape index (κ2) is 7.43. The standard InChI is InChI=1S/C20H28N4OS/c1-6-23(18-3-9-25-10-4-18)15-19-12-17(21-24(19)7-1)14-22-8-2-20-16(13-22)5-11-26-20/h5,11-12,18H,1-4,6-10,13-15H2. The number of aromatic nitrogens is 2. The summed E-state index contributed by atoms with van der Waals surface area (Å²) in [7, 11) is 0. The number of ether oxygens (including phenoxy) is 1. The number of hydrogen-bond acceptors (Lipinski definition) is 5. The van der Waals surface area contributed by atoms with Crippen molar-refractivity contribution in [1.29, 1.82) is 0 Å². The first-order valence-corrected chi connectivity index (χ1v) is 10.9. The van der Waals surface area contributed by atoms with Crippen molar-refractivity contribution >= 4 is 11.3 Å². The number of rotatable bonds is 3. The predicted octanol–water partition coefficient (Wildman–Crippen LogP) is 2.89. The Morgan fingerprint density at radius 2 is 2.08 bits per heavy atom. The van der Waals surface area contributed by atoms with Crippen molar-refractivity contribution in [1.82, 2.24) is 19.6 Å². The van der Waals surface area contributed by atoms with Gasteiger partial charge in [0.1, 0.15) is 0 Å². The van der Waals surface area contributed by atoms with Gasteiger partial charge < -0.3 is 4.74 Å². The van der Waals surface area contributed by atoms with E-state index in [1.165, 1.54) is 49.2 Å². The lowest BCUT2D eigenvalue weighted by Gasteiger charge is -2.33. The molecule has 0 aliphatic carbocycles. The van der Waals surface area contributed by atoms with Crippen LogP contribution in [0.25, 0.3) is 0 Å². The molecule has 0 atom stereocenters. The number of aryl methyl sites for hydroxylation is 1. The monoisotopic (exact) mass is 372 g/mol. The van der Waals surface area contributed by atoms with Crippen molar-refractivity contribution < 1.29 is 4.74 Å². The number of hydrogen-bond donors (Lipinski definition) is 0. The first kappa shape index (κ1) is 16.9. The number of nitrogens with zero attached hydrogens (tertiary/aromatic N) is 4. The highest BCUT2D eigenvalue weighted by Crippen LogP contribution is 2.26. The van der Waals surface area contributed by atoms with Crippen LogP contribution in [0.15, 0.2) is 17.5 Å². The Kier molecular flexibility index (Phi) is 4.83. The average molecular weight is 373 g/mol. The minimum atomic E-state index is 0.688. The summed E-state index contributed by atoms with van der Waals surface area (Å²) in [6.07, 6.45) is 4.75. The van der Waals surface area contributed by atoms with Crippen molar-refractivity contribution in [3.05, 3.63) is 39.3 Å². The summed E-state index contributed by atoms with van der Waals surface area (Å²) < 4.78 is 7.82. The maximum absolute atomic E-state index is 5.55. The fourth-order valence-corrected chi connectivity index (χ4v) is 5.55. The van der Waals surface area contributed by atoms with Crippen LogP contribution in [-0.4, -0.2) is 51.9 Å². The first-order valence-electron chi connectivity index (χ1n) is 10.0. The summed E-state index contributed by atoms with van der Waals surface area (Å²) in [5.74, 6) is 0. The predicted molar refractivity (Wildman–Crippen MR) is 103 cm³/mol. The molecule has 140 valence electrons. The Hall–Kier alpha value is -1.21. The zero-order valence-electron chi connectivity index (χ0n) is 15.4. The Labute approximate surface area is 159 Å². The summed E-state index contributed by atoms with van der Waals surface area (Å²) in [5, 5.41) is 7.19. The average Bonchev–Trinajstić information content (AvgIpc) is 3.23. The summed E-state index contributed by atoms with van der Waals surface area (Å²) in [6.45, 7) is 8.36. The van der Waals surface area contributed by atoms with E-state index in [1.54, 1.807) is 4.88 Å². The molecule has 2 aromatic heterocycles. The summed E-state index contributed by atoms with van der Waals surface area (Å²) in [6, 6.07) is 5.34. The van der Waals surface area contributed by atoms with Gasteiger partial charge in [-0.1, -0.05) is 0 Å². The lowest BCUT2D eigenvalue weighted by molar-refractivity contribution is 0.0315. The molecular formula is C20H28N4OS. The molecule has 1 saturated heterocycles. The van der Waals surface area contributed by atoms with E-state index in [4.69, 9.17) is 9.84 Å². The van der Waals surface area contributed by atoms with Crippen LogP contribution in [0.2, 0.25) is 0 Å². The molecule has 0 saturated carbocycles. The van der Waals surface area contributed by atoms with Gasteiger partial charge >= 0.3 is 0 Å². The van der Waals surface area contributed by atoms with Crippen LogP contribution in [0.1, 0.15) is 41.1 Å². The maximum atomic E-state index is 5.55. The van der Waals surface area contributed by atoms with Gasteiger partial charge in [-0.2, -0.15) is 5.10 Å². The molecule has 5 rings (SSSR count). The summed E-state index contributed by atoms with van der Waals surface area (Å²) >= 11 is 1.91. The van der Waals surface area contributed by atoms with Crippen molar-refractivity contribution in [3.63, 3.8) is 0 Å². The van der Waals surface area contributed by atoms with E-state index in [2.05, 4.69) is 32.0 Å². The normalized spacial score (nSPS) is 22.8. The third kappa shape index (κ3) is 3.48. The molecule has 5 heterocycles. The maximum Gasteiger partial charge on any atom is 0.0768 e. The summed E-state index contributed by atoms with van der Waals surface area (Å²) in [5.41, 5.74) is 4.16. The zero-order valence-corrected chi connectivity index (χ0v) is 16.2. The third-order valence-corrected chi connectivity index (χ3v) is 7.10. The van der Waals surface area contributed by atoms with E-state index in [0.717, 1.165) is 45.9 Å². The van der Waals surface area contributed by atoms with Gasteiger partial charge in [0.25, 0.3) is 0 Å². The molecule has 1 fully saturated rings. The van der Waals surface area contributed by atoms with Gasteiger partial charge in [-0.05, 0) is 48.8 Å².